The van der Waals surface area contributed by atoms with Gasteiger partial charge in [0.05, 0.1) is 0 Å². The van der Waals surface area contributed by atoms with Crippen molar-refractivity contribution in [3.8, 4) is 11.5 Å². The van der Waals surface area contributed by atoms with E-state index in [1.165, 1.54) is 18.2 Å². The van der Waals surface area contributed by atoms with Gasteiger partial charge in [0.25, 0.3) is 0 Å². The Morgan fingerprint density at radius 2 is 1.95 bits per heavy atom. The Morgan fingerprint density at radius 3 is 2.47 bits per heavy atom. The van der Waals surface area contributed by atoms with Crippen molar-refractivity contribution < 1.29 is 24.9 Å². The molecule has 0 heterocycles. The van der Waals surface area contributed by atoms with Gasteiger partial charge < -0.3 is 20.6 Å². The Labute approximate surface area is 109 Å². The highest BCUT2D eigenvalue weighted by Gasteiger charge is 2.32. The SMILES string of the molecule is O=C(NC(Cc1ccc(O)c(O)c1)C(=O)O)C1CC1. The number of nitrogens with one attached hydrogen (secondary N) is 1. The molecule has 1 atom stereocenters. The molecule has 1 fully saturated rings. The normalized spacial score (nSPS) is 15.8. The van der Waals surface area contributed by atoms with E-state index in [1.54, 1.807) is 0 Å². The molecule has 1 aromatic carbocycles. The van der Waals surface area contributed by atoms with E-state index >= 15 is 0 Å². The number of hydrogen-bond acceptors (Lipinski definition) is 4. The maximum Gasteiger partial charge on any atom is 0.326 e. The van der Waals surface area contributed by atoms with E-state index < -0.39 is 12.0 Å². The highest BCUT2D eigenvalue weighted by atomic mass is 16.4. The molecular weight excluding hydrogens is 250 g/mol. The van der Waals surface area contributed by atoms with Crippen LogP contribution in [0.15, 0.2) is 18.2 Å². The van der Waals surface area contributed by atoms with Crippen LogP contribution in [0.5, 0.6) is 11.5 Å². The molecule has 0 aliphatic heterocycles. The zero-order chi connectivity index (χ0) is 14.0. The van der Waals surface area contributed by atoms with Crippen LogP contribution in [-0.4, -0.2) is 33.2 Å². The smallest absolute Gasteiger partial charge is 0.326 e. The summed E-state index contributed by atoms with van der Waals surface area (Å²) in [6, 6.07) is 3.05. The van der Waals surface area contributed by atoms with Gasteiger partial charge in [-0.25, -0.2) is 4.79 Å². The van der Waals surface area contributed by atoms with Crippen LogP contribution in [0.4, 0.5) is 0 Å². The van der Waals surface area contributed by atoms with Gasteiger partial charge in [-0.05, 0) is 30.5 Å². The van der Waals surface area contributed by atoms with Gasteiger partial charge in [0.2, 0.25) is 5.91 Å². The number of phenols is 2. The lowest BCUT2D eigenvalue weighted by Gasteiger charge is -2.14. The minimum Gasteiger partial charge on any atom is -0.504 e. The van der Waals surface area contributed by atoms with E-state index in [-0.39, 0.29) is 29.7 Å². The predicted molar refractivity (Wildman–Crippen MR) is 65.8 cm³/mol. The van der Waals surface area contributed by atoms with Crippen molar-refractivity contribution in [1.82, 2.24) is 5.32 Å². The van der Waals surface area contributed by atoms with E-state index in [4.69, 9.17) is 5.11 Å². The number of carbonyl (C=O) groups is 2. The zero-order valence-corrected chi connectivity index (χ0v) is 10.2. The van der Waals surface area contributed by atoms with Crippen LogP contribution >= 0.6 is 0 Å². The molecule has 102 valence electrons. The molecule has 6 nitrogen and oxygen atoms in total. The topological polar surface area (TPSA) is 107 Å². The quantitative estimate of drug-likeness (QED) is 0.584. The number of carboxylic acids is 1. The Balaban J connectivity index is 2.04. The number of aromatic hydroxyl groups is 2. The molecule has 1 aliphatic rings. The maximum atomic E-state index is 11.6. The number of amides is 1. The largest absolute Gasteiger partial charge is 0.504 e. The average molecular weight is 265 g/mol. The first kappa shape index (κ1) is 13.2. The first-order valence-electron chi connectivity index (χ1n) is 6.01. The van der Waals surface area contributed by atoms with E-state index in [1.807, 2.05) is 0 Å². The van der Waals surface area contributed by atoms with Gasteiger partial charge in [0.15, 0.2) is 11.5 Å². The molecule has 6 heteroatoms. The molecule has 1 amide bonds. The Hall–Kier alpha value is -2.24. The van der Waals surface area contributed by atoms with Crippen molar-refractivity contribution in [2.45, 2.75) is 25.3 Å². The van der Waals surface area contributed by atoms with Crippen molar-refractivity contribution in [2.75, 3.05) is 0 Å². The summed E-state index contributed by atoms with van der Waals surface area (Å²) in [4.78, 5) is 22.7. The van der Waals surface area contributed by atoms with Crippen molar-refractivity contribution >= 4 is 11.9 Å². The Kier molecular flexibility index (Phi) is 3.59. The van der Waals surface area contributed by atoms with Gasteiger partial charge in [-0.3, -0.25) is 4.79 Å². The molecular formula is C13H15NO5. The van der Waals surface area contributed by atoms with Crippen LogP contribution in [-0.2, 0) is 16.0 Å². The summed E-state index contributed by atoms with van der Waals surface area (Å²) in [5, 5.41) is 30.1. The molecule has 1 aromatic rings. The van der Waals surface area contributed by atoms with Gasteiger partial charge in [0, 0.05) is 12.3 Å². The molecule has 1 saturated carbocycles. The molecule has 19 heavy (non-hydrogen) atoms. The average Bonchev–Trinajstić information content (AvgIpc) is 3.16. The summed E-state index contributed by atoms with van der Waals surface area (Å²) in [5.74, 6) is -2.00. The van der Waals surface area contributed by atoms with Crippen LogP contribution in [0, 0.1) is 5.92 Å². The van der Waals surface area contributed by atoms with E-state index in [9.17, 15) is 19.8 Å². The lowest BCUT2D eigenvalue weighted by Crippen LogP contribution is -2.43. The minimum absolute atomic E-state index is 0.0572. The van der Waals surface area contributed by atoms with Crippen LogP contribution < -0.4 is 5.32 Å². The molecule has 2 rings (SSSR count). The molecule has 0 aromatic heterocycles. The fourth-order valence-corrected chi connectivity index (χ4v) is 1.77. The number of phenolic OH excluding ortho intramolecular Hbond substituents is 2. The summed E-state index contributed by atoms with van der Waals surface area (Å²) < 4.78 is 0. The van der Waals surface area contributed by atoms with Crippen LogP contribution in [0.1, 0.15) is 18.4 Å². The number of hydrogen-bond donors (Lipinski definition) is 4. The van der Waals surface area contributed by atoms with Crippen LogP contribution in [0.2, 0.25) is 0 Å². The van der Waals surface area contributed by atoms with Crippen LogP contribution in [0.25, 0.3) is 0 Å². The third kappa shape index (κ3) is 3.37. The molecule has 0 radical (unpaired) electrons. The summed E-state index contributed by atoms with van der Waals surface area (Å²) in [6.45, 7) is 0. The van der Waals surface area contributed by atoms with Gasteiger partial charge >= 0.3 is 5.97 Å². The first-order valence-corrected chi connectivity index (χ1v) is 6.01. The molecule has 1 unspecified atom stereocenters. The van der Waals surface area contributed by atoms with E-state index in [0.29, 0.717) is 5.56 Å². The summed E-state index contributed by atoms with van der Waals surface area (Å²) >= 11 is 0. The number of benzene rings is 1. The van der Waals surface area contributed by atoms with Crippen molar-refractivity contribution in [3.63, 3.8) is 0 Å². The number of carboxylic acid groups (broad SMARTS) is 1. The second kappa shape index (κ2) is 5.17. The summed E-state index contributed by atoms with van der Waals surface area (Å²) in [7, 11) is 0. The maximum absolute atomic E-state index is 11.6. The first-order chi connectivity index (χ1) is 8.97. The van der Waals surface area contributed by atoms with Gasteiger partial charge in [-0.1, -0.05) is 6.07 Å². The van der Waals surface area contributed by atoms with Gasteiger partial charge in [0.1, 0.15) is 6.04 Å². The lowest BCUT2D eigenvalue weighted by atomic mass is 10.1. The highest BCUT2D eigenvalue weighted by molar-refractivity contribution is 5.86. The van der Waals surface area contributed by atoms with Crippen molar-refractivity contribution in [1.29, 1.82) is 0 Å². The second-order valence-electron chi connectivity index (χ2n) is 4.70. The highest BCUT2D eigenvalue weighted by Crippen LogP contribution is 2.29. The third-order valence-corrected chi connectivity index (χ3v) is 3.04. The van der Waals surface area contributed by atoms with Crippen molar-refractivity contribution in [2.24, 2.45) is 5.92 Å². The molecule has 4 N–H and O–H groups in total. The second-order valence-corrected chi connectivity index (χ2v) is 4.70. The molecule has 0 bridgehead atoms. The third-order valence-electron chi connectivity index (χ3n) is 3.04. The number of aliphatic carboxylic acids is 1. The monoisotopic (exact) mass is 265 g/mol. The fraction of sp³-hybridized carbons (Fsp3) is 0.385. The van der Waals surface area contributed by atoms with E-state index in [2.05, 4.69) is 5.32 Å². The standard InChI is InChI=1S/C13H15NO5/c15-10-4-1-7(6-11(10)16)5-9(13(18)19)14-12(17)8-2-3-8/h1,4,6,8-9,15-16H,2-3,5H2,(H,14,17)(H,18,19). The Morgan fingerprint density at radius 1 is 1.26 bits per heavy atom. The lowest BCUT2D eigenvalue weighted by molar-refractivity contribution is -0.142. The fourth-order valence-electron chi connectivity index (χ4n) is 1.77. The van der Waals surface area contributed by atoms with Crippen molar-refractivity contribution in [3.05, 3.63) is 23.8 Å². The van der Waals surface area contributed by atoms with Gasteiger partial charge in [-0.15, -0.1) is 0 Å². The molecule has 0 saturated heterocycles. The Bertz CT molecular complexity index is 510. The zero-order valence-electron chi connectivity index (χ0n) is 10.2. The minimum atomic E-state index is -1.12. The number of rotatable bonds is 5. The van der Waals surface area contributed by atoms with E-state index in [0.717, 1.165) is 12.8 Å². The molecule has 0 spiro atoms. The van der Waals surface area contributed by atoms with Crippen LogP contribution in [0.3, 0.4) is 0 Å². The summed E-state index contributed by atoms with van der Waals surface area (Å²) in [5.41, 5.74) is 0.527. The molecule has 1 aliphatic carbocycles. The van der Waals surface area contributed by atoms with Gasteiger partial charge in [-0.2, -0.15) is 0 Å². The number of carbonyl (C=O) groups excluding carboxylic acids is 1. The summed E-state index contributed by atoms with van der Waals surface area (Å²) in [6.07, 6.45) is 1.66. The predicted octanol–water partition coefficient (Wildman–Crippen LogP) is 0.620.